The molecule has 0 spiro atoms. The quantitative estimate of drug-likeness (QED) is 0.751. The van der Waals surface area contributed by atoms with Gasteiger partial charge in [0.2, 0.25) is 0 Å². The summed E-state index contributed by atoms with van der Waals surface area (Å²) in [4.78, 5) is 9.00. The molecule has 1 heterocycles. The molecular weight excluding hydrogens is 236 g/mol. The summed E-state index contributed by atoms with van der Waals surface area (Å²) in [5.74, 6) is 3.47. The van der Waals surface area contributed by atoms with Gasteiger partial charge < -0.3 is 10.6 Å². The number of nitrogens with one attached hydrogen (secondary N) is 2. The molecule has 0 saturated heterocycles. The summed E-state index contributed by atoms with van der Waals surface area (Å²) in [7, 11) is 0. The van der Waals surface area contributed by atoms with Crippen LogP contribution < -0.4 is 10.6 Å². The van der Waals surface area contributed by atoms with Crippen molar-refractivity contribution in [2.75, 3.05) is 17.2 Å². The highest BCUT2D eigenvalue weighted by molar-refractivity contribution is 5.48. The van der Waals surface area contributed by atoms with Crippen LogP contribution >= 0.6 is 0 Å². The van der Waals surface area contributed by atoms with Crippen molar-refractivity contribution in [1.82, 2.24) is 9.97 Å². The number of hydrogen-bond acceptors (Lipinski definition) is 4. The van der Waals surface area contributed by atoms with Crippen molar-refractivity contribution in [2.24, 2.45) is 5.92 Å². The zero-order valence-corrected chi connectivity index (χ0v) is 13.0. The molecule has 0 aliphatic rings. The van der Waals surface area contributed by atoms with E-state index in [0.717, 1.165) is 36.3 Å². The van der Waals surface area contributed by atoms with Gasteiger partial charge in [-0.3, -0.25) is 0 Å². The van der Waals surface area contributed by atoms with E-state index in [-0.39, 0.29) is 0 Å². The summed E-state index contributed by atoms with van der Waals surface area (Å²) >= 11 is 0. The topological polar surface area (TPSA) is 49.8 Å². The number of anilines is 2. The zero-order valence-electron chi connectivity index (χ0n) is 13.0. The Morgan fingerprint density at radius 3 is 2.32 bits per heavy atom. The van der Waals surface area contributed by atoms with Crippen LogP contribution in [0, 0.1) is 5.92 Å². The van der Waals surface area contributed by atoms with E-state index in [9.17, 15) is 0 Å². The van der Waals surface area contributed by atoms with Gasteiger partial charge in [0, 0.05) is 25.1 Å². The normalized spacial score (nSPS) is 12.5. The molecule has 0 radical (unpaired) electrons. The van der Waals surface area contributed by atoms with Crippen LogP contribution in [0.1, 0.15) is 53.3 Å². The average Bonchev–Trinajstić information content (AvgIpc) is 2.36. The third-order valence-electron chi connectivity index (χ3n) is 3.02. The van der Waals surface area contributed by atoms with Crippen LogP contribution in [0.15, 0.2) is 6.07 Å². The lowest BCUT2D eigenvalue weighted by atomic mass is 10.0. The second-order valence-electron chi connectivity index (χ2n) is 5.46. The van der Waals surface area contributed by atoms with Crippen molar-refractivity contribution in [3.63, 3.8) is 0 Å². The Balaban J connectivity index is 2.67. The second-order valence-corrected chi connectivity index (χ2v) is 5.46. The highest BCUT2D eigenvalue weighted by Gasteiger charge is 2.07. The lowest BCUT2D eigenvalue weighted by molar-refractivity contribution is 0.527. The largest absolute Gasteiger partial charge is 0.370 e. The number of aromatic nitrogens is 2. The molecule has 4 nitrogen and oxygen atoms in total. The smallest absolute Gasteiger partial charge is 0.132 e. The van der Waals surface area contributed by atoms with Gasteiger partial charge in [0.1, 0.15) is 17.5 Å². The maximum Gasteiger partial charge on any atom is 0.132 e. The van der Waals surface area contributed by atoms with E-state index in [1.165, 1.54) is 12.8 Å². The highest BCUT2D eigenvalue weighted by atomic mass is 15.1. The van der Waals surface area contributed by atoms with Crippen molar-refractivity contribution >= 4 is 11.6 Å². The van der Waals surface area contributed by atoms with E-state index in [1.807, 2.05) is 6.07 Å². The first-order chi connectivity index (χ1) is 9.05. The molecule has 1 unspecified atom stereocenters. The summed E-state index contributed by atoms with van der Waals surface area (Å²) in [5, 5.41) is 6.73. The highest BCUT2D eigenvalue weighted by Crippen LogP contribution is 2.15. The number of rotatable bonds is 8. The Hall–Kier alpha value is -1.32. The van der Waals surface area contributed by atoms with Crippen LogP contribution in [0.2, 0.25) is 0 Å². The molecule has 19 heavy (non-hydrogen) atoms. The summed E-state index contributed by atoms with van der Waals surface area (Å²) in [6.45, 7) is 11.8. The van der Waals surface area contributed by atoms with Crippen molar-refractivity contribution in [2.45, 2.75) is 59.9 Å². The minimum Gasteiger partial charge on any atom is -0.370 e. The molecule has 1 rings (SSSR count). The molecule has 0 aliphatic heterocycles. The van der Waals surface area contributed by atoms with Gasteiger partial charge >= 0.3 is 0 Å². The van der Waals surface area contributed by atoms with Gasteiger partial charge in [0.25, 0.3) is 0 Å². The number of aryl methyl sites for hydroxylation is 1. The van der Waals surface area contributed by atoms with Crippen LogP contribution in [0.4, 0.5) is 11.6 Å². The summed E-state index contributed by atoms with van der Waals surface area (Å²) in [5.41, 5.74) is 0. The van der Waals surface area contributed by atoms with Crippen molar-refractivity contribution in [1.29, 1.82) is 0 Å². The van der Waals surface area contributed by atoms with E-state index in [1.54, 1.807) is 0 Å². The van der Waals surface area contributed by atoms with E-state index in [0.29, 0.717) is 6.04 Å². The summed E-state index contributed by atoms with van der Waals surface area (Å²) in [6, 6.07) is 2.44. The first-order valence-electron chi connectivity index (χ1n) is 7.43. The predicted octanol–water partition coefficient (Wildman–Crippen LogP) is 3.71. The Morgan fingerprint density at radius 2 is 1.74 bits per heavy atom. The van der Waals surface area contributed by atoms with Gasteiger partial charge in [-0.05, 0) is 32.6 Å². The Kier molecular flexibility index (Phi) is 6.60. The fraction of sp³-hybridized carbons (Fsp3) is 0.733. The lowest BCUT2D eigenvalue weighted by Gasteiger charge is -2.17. The first kappa shape index (κ1) is 15.7. The van der Waals surface area contributed by atoms with Crippen molar-refractivity contribution in [3.05, 3.63) is 11.9 Å². The van der Waals surface area contributed by atoms with Crippen LogP contribution in [-0.2, 0) is 6.42 Å². The summed E-state index contributed by atoms with van der Waals surface area (Å²) in [6.07, 6.45) is 3.26. The SMILES string of the molecule is CCNc1cc(NC(C)CCC(C)C)nc(CC)n1. The number of nitrogens with zero attached hydrogens (tertiary/aromatic N) is 2. The number of hydrogen-bond donors (Lipinski definition) is 2. The summed E-state index contributed by atoms with van der Waals surface area (Å²) < 4.78 is 0. The van der Waals surface area contributed by atoms with Crippen molar-refractivity contribution < 1.29 is 0 Å². The Morgan fingerprint density at radius 1 is 1.05 bits per heavy atom. The first-order valence-corrected chi connectivity index (χ1v) is 7.43. The van der Waals surface area contributed by atoms with E-state index < -0.39 is 0 Å². The molecule has 0 amide bonds. The van der Waals surface area contributed by atoms with Crippen LogP contribution in [-0.4, -0.2) is 22.6 Å². The minimum absolute atomic E-state index is 0.441. The fourth-order valence-corrected chi connectivity index (χ4v) is 1.91. The van der Waals surface area contributed by atoms with Crippen molar-refractivity contribution in [3.8, 4) is 0 Å². The molecule has 4 heteroatoms. The minimum atomic E-state index is 0.441. The van der Waals surface area contributed by atoms with E-state index >= 15 is 0 Å². The van der Waals surface area contributed by atoms with Crippen LogP contribution in [0.25, 0.3) is 0 Å². The predicted molar refractivity (Wildman–Crippen MR) is 82.7 cm³/mol. The van der Waals surface area contributed by atoms with Gasteiger partial charge in [-0.25, -0.2) is 9.97 Å². The maximum absolute atomic E-state index is 4.54. The van der Waals surface area contributed by atoms with Crippen LogP contribution in [0.3, 0.4) is 0 Å². The van der Waals surface area contributed by atoms with Crippen LogP contribution in [0.5, 0.6) is 0 Å². The van der Waals surface area contributed by atoms with Gasteiger partial charge in [-0.1, -0.05) is 20.8 Å². The fourth-order valence-electron chi connectivity index (χ4n) is 1.91. The molecule has 0 saturated carbocycles. The molecule has 2 N–H and O–H groups in total. The average molecular weight is 264 g/mol. The van der Waals surface area contributed by atoms with Gasteiger partial charge in [-0.15, -0.1) is 0 Å². The second kappa shape index (κ2) is 7.97. The lowest BCUT2D eigenvalue weighted by Crippen LogP contribution is -2.18. The Labute approximate surface area is 117 Å². The van der Waals surface area contributed by atoms with Gasteiger partial charge in [0.15, 0.2) is 0 Å². The molecule has 0 aliphatic carbocycles. The van der Waals surface area contributed by atoms with Gasteiger partial charge in [-0.2, -0.15) is 0 Å². The standard InChI is InChI=1S/C15H28N4/c1-6-13-18-14(16-7-2)10-15(19-13)17-12(5)9-8-11(3)4/h10-12H,6-9H2,1-5H3,(H2,16,17,18,19). The Bertz CT molecular complexity index is 376. The molecular formula is C15H28N4. The van der Waals surface area contributed by atoms with Gasteiger partial charge in [0.05, 0.1) is 0 Å². The van der Waals surface area contributed by atoms with E-state index in [4.69, 9.17) is 0 Å². The molecule has 1 aromatic rings. The third-order valence-corrected chi connectivity index (χ3v) is 3.02. The molecule has 108 valence electrons. The molecule has 0 bridgehead atoms. The monoisotopic (exact) mass is 264 g/mol. The molecule has 1 atom stereocenters. The van der Waals surface area contributed by atoms with E-state index in [2.05, 4.69) is 55.2 Å². The molecule has 0 fully saturated rings. The molecule has 1 aromatic heterocycles. The maximum atomic E-state index is 4.54. The molecule has 0 aromatic carbocycles. The third kappa shape index (κ3) is 5.90. The zero-order chi connectivity index (χ0) is 14.3.